The summed E-state index contributed by atoms with van der Waals surface area (Å²) in [5.41, 5.74) is 8.02. The summed E-state index contributed by atoms with van der Waals surface area (Å²) in [5.74, 6) is -0.134. The zero-order valence-electron chi connectivity index (χ0n) is 13.7. The molecule has 1 amide bonds. The minimum Gasteiger partial charge on any atom is -0.385 e. The predicted molar refractivity (Wildman–Crippen MR) is 97.4 cm³/mol. The fourth-order valence-corrected chi connectivity index (χ4v) is 2.95. The normalized spacial score (nSPS) is 10.6. The van der Waals surface area contributed by atoms with E-state index in [0.29, 0.717) is 10.7 Å². The van der Waals surface area contributed by atoms with E-state index in [1.807, 2.05) is 38.1 Å². The molecule has 5 nitrogen and oxygen atoms in total. The first-order valence-corrected chi connectivity index (χ1v) is 8.71. The Morgan fingerprint density at radius 1 is 1.26 bits per heavy atom. The largest absolute Gasteiger partial charge is 0.385 e. The molecule has 0 radical (unpaired) electrons. The molecule has 0 aliphatic carbocycles. The topological polar surface area (TPSA) is 80.0 Å². The minimum atomic E-state index is -0.134. The number of amides is 1. The number of hydrogen-bond acceptors (Lipinski definition) is 5. The number of benzene rings is 1. The Hall–Kier alpha value is -1.92. The highest BCUT2D eigenvalue weighted by molar-refractivity contribution is 7.15. The Morgan fingerprint density at radius 3 is 2.78 bits per heavy atom. The number of hydrogen-bond donors (Lipinski definition) is 3. The fourth-order valence-electron chi connectivity index (χ4n) is 2.14. The third-order valence-electron chi connectivity index (χ3n) is 3.58. The molecule has 1 heterocycles. The zero-order valence-corrected chi connectivity index (χ0v) is 14.5. The molecule has 0 bridgehead atoms. The highest BCUT2D eigenvalue weighted by Crippen LogP contribution is 2.22. The lowest BCUT2D eigenvalue weighted by Crippen LogP contribution is -2.12. The van der Waals surface area contributed by atoms with E-state index in [2.05, 4.69) is 15.6 Å². The van der Waals surface area contributed by atoms with Crippen molar-refractivity contribution < 1.29 is 4.79 Å². The molecule has 0 spiro atoms. The second-order valence-corrected chi connectivity index (χ2v) is 6.67. The van der Waals surface area contributed by atoms with Gasteiger partial charge in [-0.2, -0.15) is 0 Å². The van der Waals surface area contributed by atoms with Crippen LogP contribution in [-0.2, 0) is 0 Å². The molecule has 1 aromatic carbocycles. The number of rotatable bonds is 8. The number of anilines is 2. The van der Waals surface area contributed by atoms with Gasteiger partial charge in [0.25, 0.3) is 5.91 Å². The van der Waals surface area contributed by atoms with Gasteiger partial charge in [-0.25, -0.2) is 4.98 Å². The first-order chi connectivity index (χ1) is 11.1. The number of nitrogens with zero attached hydrogens (tertiary/aromatic N) is 1. The van der Waals surface area contributed by atoms with Crippen molar-refractivity contribution in [2.24, 2.45) is 5.73 Å². The van der Waals surface area contributed by atoms with Crippen LogP contribution in [0.5, 0.6) is 0 Å². The molecule has 23 heavy (non-hydrogen) atoms. The van der Waals surface area contributed by atoms with E-state index in [1.54, 1.807) is 0 Å². The zero-order chi connectivity index (χ0) is 16.7. The SMILES string of the molecule is Cc1nc(NC(=O)c2cccc(NCCCCCN)c2)sc1C. The van der Waals surface area contributed by atoms with E-state index in [9.17, 15) is 4.79 Å². The van der Waals surface area contributed by atoms with E-state index in [0.717, 1.165) is 48.6 Å². The summed E-state index contributed by atoms with van der Waals surface area (Å²) >= 11 is 1.49. The lowest BCUT2D eigenvalue weighted by atomic mass is 10.2. The maximum Gasteiger partial charge on any atom is 0.257 e. The Kier molecular flexibility index (Phi) is 6.55. The van der Waals surface area contributed by atoms with Crippen LogP contribution >= 0.6 is 11.3 Å². The number of nitrogens with two attached hydrogens (primary N) is 1. The number of aromatic nitrogens is 1. The molecule has 1 aromatic heterocycles. The van der Waals surface area contributed by atoms with E-state index < -0.39 is 0 Å². The van der Waals surface area contributed by atoms with Gasteiger partial charge >= 0.3 is 0 Å². The van der Waals surface area contributed by atoms with Crippen LogP contribution in [0.3, 0.4) is 0 Å². The number of aryl methyl sites for hydroxylation is 2. The highest BCUT2D eigenvalue weighted by Gasteiger charge is 2.10. The van der Waals surface area contributed by atoms with Gasteiger partial charge in [0.2, 0.25) is 0 Å². The van der Waals surface area contributed by atoms with Crippen LogP contribution in [0.15, 0.2) is 24.3 Å². The summed E-state index contributed by atoms with van der Waals surface area (Å²) < 4.78 is 0. The van der Waals surface area contributed by atoms with Gasteiger partial charge in [-0.05, 0) is 51.4 Å². The number of carbonyl (C=O) groups excluding carboxylic acids is 1. The molecule has 2 rings (SSSR count). The Bertz CT molecular complexity index is 634. The van der Waals surface area contributed by atoms with Gasteiger partial charge in [0.15, 0.2) is 5.13 Å². The van der Waals surface area contributed by atoms with E-state index in [1.165, 1.54) is 11.3 Å². The number of thiazole rings is 1. The molecular formula is C17H24N4OS. The summed E-state index contributed by atoms with van der Waals surface area (Å²) in [7, 11) is 0. The van der Waals surface area contributed by atoms with Crippen molar-refractivity contribution in [2.75, 3.05) is 23.7 Å². The Balaban J connectivity index is 1.91. The van der Waals surface area contributed by atoms with Crippen LogP contribution in [0.25, 0.3) is 0 Å². The average Bonchev–Trinajstić information content (AvgIpc) is 2.85. The molecule has 2 aromatic rings. The van der Waals surface area contributed by atoms with Gasteiger partial charge in [0.05, 0.1) is 5.69 Å². The Morgan fingerprint density at radius 2 is 2.09 bits per heavy atom. The third kappa shape index (κ3) is 5.33. The molecule has 0 unspecified atom stereocenters. The van der Waals surface area contributed by atoms with Crippen molar-refractivity contribution in [1.82, 2.24) is 4.98 Å². The van der Waals surface area contributed by atoms with Crippen LogP contribution in [0, 0.1) is 13.8 Å². The first-order valence-electron chi connectivity index (χ1n) is 7.89. The number of nitrogens with one attached hydrogen (secondary N) is 2. The molecule has 124 valence electrons. The van der Waals surface area contributed by atoms with Crippen LogP contribution in [0.1, 0.15) is 40.2 Å². The molecule has 6 heteroatoms. The van der Waals surface area contributed by atoms with Gasteiger partial charge in [-0.1, -0.05) is 12.5 Å². The van der Waals surface area contributed by atoms with Crippen molar-refractivity contribution in [3.05, 3.63) is 40.4 Å². The first kappa shape index (κ1) is 17.4. The lowest BCUT2D eigenvalue weighted by Gasteiger charge is -2.08. The summed E-state index contributed by atoms with van der Waals surface area (Å²) in [4.78, 5) is 17.8. The summed E-state index contributed by atoms with van der Waals surface area (Å²) in [6, 6.07) is 7.53. The molecule has 0 aliphatic heterocycles. The van der Waals surface area contributed by atoms with E-state index >= 15 is 0 Å². The van der Waals surface area contributed by atoms with Gasteiger partial charge in [-0.3, -0.25) is 10.1 Å². The van der Waals surface area contributed by atoms with Crippen LogP contribution in [-0.4, -0.2) is 24.0 Å². The summed E-state index contributed by atoms with van der Waals surface area (Å²) in [6.45, 7) is 5.57. The molecular weight excluding hydrogens is 308 g/mol. The molecule has 0 saturated heterocycles. The van der Waals surface area contributed by atoms with Crippen LogP contribution in [0.2, 0.25) is 0 Å². The average molecular weight is 332 g/mol. The monoisotopic (exact) mass is 332 g/mol. The quantitative estimate of drug-likeness (QED) is 0.646. The lowest BCUT2D eigenvalue weighted by molar-refractivity contribution is 0.102. The van der Waals surface area contributed by atoms with Crippen molar-refractivity contribution in [2.45, 2.75) is 33.1 Å². The highest BCUT2D eigenvalue weighted by atomic mass is 32.1. The molecule has 0 aliphatic rings. The predicted octanol–water partition coefficient (Wildman–Crippen LogP) is 3.55. The van der Waals surface area contributed by atoms with Crippen molar-refractivity contribution in [1.29, 1.82) is 0 Å². The van der Waals surface area contributed by atoms with Gasteiger partial charge in [0, 0.05) is 22.7 Å². The molecule has 4 N–H and O–H groups in total. The van der Waals surface area contributed by atoms with Gasteiger partial charge < -0.3 is 11.1 Å². The summed E-state index contributed by atoms with van der Waals surface area (Å²) in [6.07, 6.45) is 3.24. The van der Waals surface area contributed by atoms with Crippen molar-refractivity contribution >= 4 is 28.1 Å². The van der Waals surface area contributed by atoms with Crippen LogP contribution < -0.4 is 16.4 Å². The maximum atomic E-state index is 12.3. The fraction of sp³-hybridized carbons (Fsp3) is 0.412. The standard InChI is InChI=1S/C17H24N4OS/c1-12-13(2)23-17(20-12)21-16(22)14-7-6-8-15(11-14)19-10-5-3-4-9-18/h6-8,11,19H,3-5,9-10,18H2,1-2H3,(H,20,21,22). The van der Waals surface area contributed by atoms with E-state index in [-0.39, 0.29) is 5.91 Å². The number of unbranched alkanes of at least 4 members (excludes halogenated alkanes) is 2. The Labute approximate surface area is 141 Å². The maximum absolute atomic E-state index is 12.3. The smallest absolute Gasteiger partial charge is 0.257 e. The molecule has 0 fully saturated rings. The minimum absolute atomic E-state index is 0.134. The second kappa shape index (κ2) is 8.64. The molecule has 0 atom stereocenters. The van der Waals surface area contributed by atoms with Gasteiger partial charge in [0.1, 0.15) is 0 Å². The van der Waals surface area contributed by atoms with E-state index in [4.69, 9.17) is 5.73 Å². The second-order valence-electron chi connectivity index (χ2n) is 5.47. The number of carbonyl (C=O) groups is 1. The van der Waals surface area contributed by atoms with Crippen molar-refractivity contribution in [3.8, 4) is 0 Å². The summed E-state index contributed by atoms with van der Waals surface area (Å²) in [5, 5.41) is 6.84. The van der Waals surface area contributed by atoms with Crippen LogP contribution in [0.4, 0.5) is 10.8 Å². The molecule has 0 saturated carbocycles. The van der Waals surface area contributed by atoms with Gasteiger partial charge in [-0.15, -0.1) is 11.3 Å². The third-order valence-corrected chi connectivity index (χ3v) is 4.57. The van der Waals surface area contributed by atoms with Crippen molar-refractivity contribution in [3.63, 3.8) is 0 Å².